The lowest BCUT2D eigenvalue weighted by atomic mass is 9.95. The summed E-state index contributed by atoms with van der Waals surface area (Å²) in [6.45, 7) is 1.74. The molecule has 3 N–H and O–H groups in total. The Kier molecular flexibility index (Phi) is 6.78. The number of fused-ring (bicyclic) bond motifs is 1. The van der Waals surface area contributed by atoms with Crippen molar-refractivity contribution in [2.45, 2.75) is 45.4 Å². The summed E-state index contributed by atoms with van der Waals surface area (Å²) < 4.78 is 5.21. The van der Waals surface area contributed by atoms with E-state index >= 15 is 0 Å². The van der Waals surface area contributed by atoms with Crippen LogP contribution in [0.4, 0.5) is 10.7 Å². The van der Waals surface area contributed by atoms with Crippen LogP contribution in [0.3, 0.4) is 0 Å². The smallest absolute Gasteiger partial charge is 0.311 e. The van der Waals surface area contributed by atoms with Crippen LogP contribution in [0.25, 0.3) is 0 Å². The van der Waals surface area contributed by atoms with Crippen molar-refractivity contribution in [3.05, 3.63) is 45.8 Å². The van der Waals surface area contributed by atoms with Crippen molar-refractivity contribution in [2.75, 3.05) is 23.4 Å². The van der Waals surface area contributed by atoms with Gasteiger partial charge >= 0.3 is 5.97 Å². The molecule has 1 aliphatic carbocycles. The first kappa shape index (κ1) is 23.0. The molecule has 1 aromatic carbocycles. The third-order valence-electron chi connectivity index (χ3n) is 6.14. The van der Waals surface area contributed by atoms with Crippen LogP contribution in [0.1, 0.15) is 52.5 Å². The number of esters is 1. The first-order valence-electron chi connectivity index (χ1n) is 11.2. The highest BCUT2D eigenvalue weighted by molar-refractivity contribution is 7.17. The van der Waals surface area contributed by atoms with E-state index in [1.165, 1.54) is 11.3 Å². The molecule has 33 heavy (non-hydrogen) atoms. The van der Waals surface area contributed by atoms with E-state index < -0.39 is 30.3 Å². The van der Waals surface area contributed by atoms with Gasteiger partial charge in [0, 0.05) is 23.5 Å². The largest absolute Gasteiger partial charge is 0.455 e. The molecule has 9 heteroatoms. The fourth-order valence-electron chi connectivity index (χ4n) is 4.50. The van der Waals surface area contributed by atoms with Gasteiger partial charge in [-0.15, -0.1) is 11.3 Å². The molecule has 0 unspecified atom stereocenters. The van der Waals surface area contributed by atoms with E-state index in [9.17, 15) is 19.2 Å². The molecule has 1 aromatic heterocycles. The second-order valence-electron chi connectivity index (χ2n) is 8.32. The summed E-state index contributed by atoms with van der Waals surface area (Å²) in [6.07, 6.45) is 4.46. The molecular formula is C24H27N3O5S. The Bertz CT molecular complexity index is 1110. The number of ether oxygens (including phenoxy) is 1. The quantitative estimate of drug-likeness (QED) is 0.605. The average Bonchev–Trinajstić information content (AvgIpc) is 3.37. The second-order valence-corrected chi connectivity index (χ2v) is 9.43. The van der Waals surface area contributed by atoms with E-state index in [2.05, 4.69) is 5.32 Å². The van der Waals surface area contributed by atoms with E-state index in [1.807, 2.05) is 31.2 Å². The number of primary amides is 1. The summed E-state index contributed by atoms with van der Waals surface area (Å²) in [6, 6.07) is 7.61. The highest BCUT2D eigenvalue weighted by Gasteiger charge is 2.37. The number of hydrogen-bond donors (Lipinski definition) is 2. The molecule has 1 fully saturated rings. The maximum atomic E-state index is 12.6. The minimum atomic E-state index is -0.634. The number of para-hydroxylation sites is 1. The predicted octanol–water partition coefficient (Wildman–Crippen LogP) is 2.82. The Morgan fingerprint density at radius 3 is 2.73 bits per heavy atom. The third kappa shape index (κ3) is 4.78. The van der Waals surface area contributed by atoms with Crippen LogP contribution in [-0.2, 0) is 38.4 Å². The number of carbonyl (C=O) groups is 4. The van der Waals surface area contributed by atoms with Crippen molar-refractivity contribution < 1.29 is 23.9 Å². The molecule has 0 spiro atoms. The van der Waals surface area contributed by atoms with Crippen molar-refractivity contribution in [2.24, 2.45) is 11.7 Å². The van der Waals surface area contributed by atoms with Gasteiger partial charge in [-0.2, -0.15) is 0 Å². The van der Waals surface area contributed by atoms with Gasteiger partial charge in [-0.05, 0) is 49.3 Å². The standard InChI is InChI=1S/C24H27N3O5S/c1-2-14-7-3-5-9-17(14)27-12-15(11-20(27)29)24(31)32-13-19(28)26-23-21(22(25)30)16-8-4-6-10-18(16)33-23/h3,5,7,9,15H,2,4,6,8,10-13H2,1H3,(H2,25,30)(H,26,28)/t15-/m1/s1. The van der Waals surface area contributed by atoms with E-state index in [0.29, 0.717) is 10.6 Å². The fourth-order valence-corrected chi connectivity index (χ4v) is 5.81. The molecule has 8 nitrogen and oxygen atoms in total. The minimum absolute atomic E-state index is 0.0436. The molecule has 0 bridgehead atoms. The molecular weight excluding hydrogens is 442 g/mol. The summed E-state index contributed by atoms with van der Waals surface area (Å²) in [4.78, 5) is 52.2. The van der Waals surface area contributed by atoms with E-state index in [4.69, 9.17) is 10.5 Å². The highest BCUT2D eigenvalue weighted by atomic mass is 32.1. The third-order valence-corrected chi connectivity index (χ3v) is 7.35. The Balaban J connectivity index is 1.36. The molecule has 2 heterocycles. The summed E-state index contributed by atoms with van der Waals surface area (Å²) in [5.41, 5.74) is 8.67. The van der Waals surface area contributed by atoms with Crippen molar-refractivity contribution in [1.82, 2.24) is 0 Å². The van der Waals surface area contributed by atoms with Gasteiger partial charge in [0.25, 0.3) is 11.8 Å². The van der Waals surface area contributed by atoms with E-state index in [0.717, 1.165) is 53.8 Å². The number of anilines is 2. The number of aryl methyl sites for hydroxylation is 2. The molecule has 1 saturated heterocycles. The second kappa shape index (κ2) is 9.74. The summed E-state index contributed by atoms with van der Waals surface area (Å²) >= 11 is 1.36. The first-order valence-corrected chi connectivity index (χ1v) is 12.0. The fraction of sp³-hybridized carbons (Fsp3) is 0.417. The topological polar surface area (TPSA) is 119 Å². The SMILES string of the molecule is CCc1ccccc1N1C[C@H](C(=O)OCC(=O)Nc2sc3c(c2C(N)=O)CCCC3)CC1=O. The van der Waals surface area contributed by atoms with Gasteiger partial charge in [0.15, 0.2) is 6.61 Å². The average molecular weight is 470 g/mol. The summed E-state index contributed by atoms with van der Waals surface area (Å²) in [5.74, 6) is -2.47. The number of nitrogens with zero attached hydrogens (tertiary/aromatic N) is 1. The number of carbonyl (C=O) groups excluding carboxylic acids is 4. The monoisotopic (exact) mass is 469 g/mol. The van der Waals surface area contributed by atoms with Gasteiger partial charge in [0.2, 0.25) is 5.91 Å². The Hall–Kier alpha value is -3.20. The van der Waals surface area contributed by atoms with Crippen molar-refractivity contribution in [1.29, 1.82) is 0 Å². The highest BCUT2D eigenvalue weighted by Crippen LogP contribution is 2.38. The van der Waals surface area contributed by atoms with Crippen LogP contribution in [0.2, 0.25) is 0 Å². The molecule has 1 aliphatic heterocycles. The van der Waals surface area contributed by atoms with Crippen molar-refractivity contribution >= 4 is 45.7 Å². The van der Waals surface area contributed by atoms with Gasteiger partial charge in [0.05, 0.1) is 11.5 Å². The molecule has 2 aromatic rings. The lowest BCUT2D eigenvalue weighted by Gasteiger charge is -2.19. The number of rotatable bonds is 7. The molecule has 174 valence electrons. The van der Waals surface area contributed by atoms with Crippen LogP contribution < -0.4 is 16.0 Å². The van der Waals surface area contributed by atoms with Gasteiger partial charge in [-0.25, -0.2) is 0 Å². The number of amides is 3. The number of hydrogen-bond acceptors (Lipinski definition) is 6. The molecule has 0 saturated carbocycles. The number of benzene rings is 1. The van der Waals surface area contributed by atoms with Crippen LogP contribution in [0.15, 0.2) is 24.3 Å². The first-order chi connectivity index (χ1) is 15.9. The van der Waals surface area contributed by atoms with Crippen LogP contribution in [0.5, 0.6) is 0 Å². The summed E-state index contributed by atoms with van der Waals surface area (Å²) in [7, 11) is 0. The van der Waals surface area contributed by atoms with Crippen molar-refractivity contribution in [3.8, 4) is 0 Å². The molecule has 1 atom stereocenters. The van der Waals surface area contributed by atoms with Gasteiger partial charge in [-0.1, -0.05) is 25.1 Å². The normalized spacial score (nSPS) is 17.5. The van der Waals surface area contributed by atoms with Gasteiger partial charge in [-0.3, -0.25) is 19.2 Å². The van der Waals surface area contributed by atoms with Gasteiger partial charge < -0.3 is 20.7 Å². The van der Waals surface area contributed by atoms with E-state index in [-0.39, 0.29) is 18.9 Å². The maximum Gasteiger partial charge on any atom is 0.311 e. The maximum absolute atomic E-state index is 12.6. The Labute approximate surface area is 196 Å². The minimum Gasteiger partial charge on any atom is -0.455 e. The zero-order valence-corrected chi connectivity index (χ0v) is 19.3. The Morgan fingerprint density at radius 2 is 1.97 bits per heavy atom. The lowest BCUT2D eigenvalue weighted by Crippen LogP contribution is -2.29. The molecule has 0 radical (unpaired) electrons. The van der Waals surface area contributed by atoms with Crippen LogP contribution >= 0.6 is 11.3 Å². The number of thiophene rings is 1. The molecule has 2 aliphatic rings. The van der Waals surface area contributed by atoms with Gasteiger partial charge in [0.1, 0.15) is 5.00 Å². The molecule has 4 rings (SSSR count). The van der Waals surface area contributed by atoms with Crippen LogP contribution in [0, 0.1) is 5.92 Å². The van der Waals surface area contributed by atoms with Crippen LogP contribution in [-0.4, -0.2) is 36.8 Å². The number of nitrogens with two attached hydrogens (primary N) is 1. The van der Waals surface area contributed by atoms with Crippen molar-refractivity contribution in [3.63, 3.8) is 0 Å². The van der Waals surface area contributed by atoms with E-state index in [1.54, 1.807) is 4.90 Å². The molecule has 3 amide bonds. The number of nitrogens with one attached hydrogen (secondary N) is 1. The predicted molar refractivity (Wildman–Crippen MR) is 125 cm³/mol. The summed E-state index contributed by atoms with van der Waals surface area (Å²) in [5, 5.41) is 3.09. The zero-order valence-electron chi connectivity index (χ0n) is 18.5. The lowest BCUT2D eigenvalue weighted by molar-refractivity contribution is -0.151. The Morgan fingerprint density at radius 1 is 1.21 bits per heavy atom. The zero-order chi connectivity index (χ0) is 23.5.